The summed E-state index contributed by atoms with van der Waals surface area (Å²) >= 11 is 2.00. The van der Waals surface area contributed by atoms with E-state index in [0.717, 1.165) is 31.0 Å². The maximum atomic E-state index is 13.6. The van der Waals surface area contributed by atoms with Crippen molar-refractivity contribution in [1.29, 1.82) is 0 Å². The van der Waals surface area contributed by atoms with E-state index in [-0.39, 0.29) is 5.82 Å². The van der Waals surface area contributed by atoms with Crippen LogP contribution in [-0.2, 0) is 6.54 Å². The molecule has 1 fully saturated rings. The molecule has 4 heteroatoms. The van der Waals surface area contributed by atoms with E-state index >= 15 is 0 Å². The van der Waals surface area contributed by atoms with Gasteiger partial charge in [-0.2, -0.15) is 11.8 Å². The number of hydrogen-bond donors (Lipinski definition) is 1. The Balaban J connectivity index is 2.08. The van der Waals surface area contributed by atoms with Crippen LogP contribution in [0.25, 0.3) is 0 Å². The van der Waals surface area contributed by atoms with E-state index in [2.05, 4.69) is 16.7 Å². The van der Waals surface area contributed by atoms with E-state index in [0.29, 0.717) is 12.1 Å². The van der Waals surface area contributed by atoms with Crippen molar-refractivity contribution in [2.45, 2.75) is 13.0 Å². The molecule has 102 valence electrons. The van der Waals surface area contributed by atoms with E-state index in [1.54, 1.807) is 6.07 Å². The van der Waals surface area contributed by atoms with Gasteiger partial charge in [0.2, 0.25) is 0 Å². The minimum atomic E-state index is -0.219. The van der Waals surface area contributed by atoms with Crippen molar-refractivity contribution in [1.82, 2.24) is 4.90 Å². The number of nitrogens with two attached hydrogens (primary N) is 1. The first-order valence-electron chi connectivity index (χ1n) is 6.56. The molecular weight excluding hydrogens is 259 g/mol. The molecular formula is C15H19FN2S. The molecule has 19 heavy (non-hydrogen) atoms. The third kappa shape index (κ3) is 4.87. The second-order valence-electron chi connectivity index (χ2n) is 4.60. The van der Waals surface area contributed by atoms with E-state index in [9.17, 15) is 4.39 Å². The number of hydrogen-bond acceptors (Lipinski definition) is 3. The smallest absolute Gasteiger partial charge is 0.124 e. The second kappa shape index (κ2) is 7.54. The fraction of sp³-hybridized carbons (Fsp3) is 0.467. The molecule has 1 aliphatic heterocycles. The van der Waals surface area contributed by atoms with Crippen LogP contribution in [0.4, 0.5) is 4.39 Å². The summed E-state index contributed by atoms with van der Waals surface area (Å²) in [6.07, 6.45) is 1.21. The molecule has 0 aromatic heterocycles. The maximum Gasteiger partial charge on any atom is 0.124 e. The van der Waals surface area contributed by atoms with Gasteiger partial charge in [0.25, 0.3) is 0 Å². The SMILES string of the molecule is NCC#Cc1cc(F)cc(CN2CCCSCC2)c1. The standard InChI is InChI=1S/C15H19FN2S/c16-15-10-13(3-1-4-17)9-14(11-15)12-18-5-2-7-19-8-6-18/h9-11H,2,4-8,12,17H2. The first-order valence-corrected chi connectivity index (χ1v) is 7.72. The van der Waals surface area contributed by atoms with E-state index in [1.807, 2.05) is 17.8 Å². The molecule has 0 amide bonds. The van der Waals surface area contributed by atoms with Crippen LogP contribution in [0.1, 0.15) is 17.5 Å². The first-order chi connectivity index (χ1) is 9.28. The monoisotopic (exact) mass is 278 g/mol. The predicted octanol–water partition coefficient (Wildman–Crippen LogP) is 2.07. The average Bonchev–Trinajstić information content (AvgIpc) is 2.64. The van der Waals surface area contributed by atoms with Crippen molar-refractivity contribution in [3.05, 3.63) is 35.1 Å². The van der Waals surface area contributed by atoms with E-state index in [1.165, 1.54) is 18.2 Å². The Bertz CT molecular complexity index is 471. The molecule has 2 nitrogen and oxygen atoms in total. The molecule has 2 N–H and O–H groups in total. The number of nitrogens with zero attached hydrogens (tertiary/aromatic N) is 1. The Labute approximate surface area is 118 Å². The van der Waals surface area contributed by atoms with Gasteiger partial charge in [0, 0.05) is 24.4 Å². The highest BCUT2D eigenvalue weighted by Gasteiger charge is 2.10. The topological polar surface area (TPSA) is 29.3 Å². The van der Waals surface area contributed by atoms with Gasteiger partial charge in [-0.25, -0.2) is 4.39 Å². The zero-order chi connectivity index (χ0) is 13.5. The summed E-state index contributed by atoms with van der Waals surface area (Å²) < 4.78 is 13.6. The average molecular weight is 278 g/mol. The molecule has 0 atom stereocenters. The highest BCUT2D eigenvalue weighted by atomic mass is 32.2. The largest absolute Gasteiger partial charge is 0.320 e. The molecule has 0 spiro atoms. The minimum absolute atomic E-state index is 0.219. The van der Waals surface area contributed by atoms with Crippen molar-refractivity contribution >= 4 is 11.8 Å². The van der Waals surface area contributed by atoms with E-state index < -0.39 is 0 Å². The number of halogens is 1. The summed E-state index contributed by atoms with van der Waals surface area (Å²) in [5.41, 5.74) is 7.05. The van der Waals surface area contributed by atoms with Gasteiger partial charge in [-0.3, -0.25) is 4.90 Å². The molecule has 0 unspecified atom stereocenters. The Morgan fingerprint density at radius 3 is 3.00 bits per heavy atom. The van der Waals surface area contributed by atoms with Gasteiger partial charge in [-0.15, -0.1) is 0 Å². The first kappa shape index (κ1) is 14.4. The van der Waals surface area contributed by atoms with Crippen molar-refractivity contribution in [3.63, 3.8) is 0 Å². The molecule has 1 heterocycles. The Hall–Kier alpha value is -1.02. The molecule has 2 rings (SSSR count). The van der Waals surface area contributed by atoms with Crippen molar-refractivity contribution in [2.75, 3.05) is 31.1 Å². The Kier molecular flexibility index (Phi) is 5.71. The summed E-state index contributed by atoms with van der Waals surface area (Å²) in [7, 11) is 0. The summed E-state index contributed by atoms with van der Waals surface area (Å²) in [5, 5.41) is 0. The van der Waals surface area contributed by atoms with Gasteiger partial charge >= 0.3 is 0 Å². The fourth-order valence-corrected chi connectivity index (χ4v) is 3.11. The predicted molar refractivity (Wildman–Crippen MR) is 79.6 cm³/mol. The second-order valence-corrected chi connectivity index (χ2v) is 5.82. The van der Waals surface area contributed by atoms with Gasteiger partial charge in [-0.1, -0.05) is 11.8 Å². The summed E-state index contributed by atoms with van der Waals surface area (Å²) in [6.45, 7) is 3.27. The van der Waals surface area contributed by atoms with Crippen molar-refractivity contribution in [3.8, 4) is 11.8 Å². The fourth-order valence-electron chi connectivity index (χ4n) is 2.18. The summed E-state index contributed by atoms with van der Waals surface area (Å²) in [6, 6.07) is 5.03. The van der Waals surface area contributed by atoms with Crippen LogP contribution >= 0.6 is 11.8 Å². The van der Waals surface area contributed by atoms with Crippen molar-refractivity contribution in [2.24, 2.45) is 5.73 Å². The van der Waals surface area contributed by atoms with Crippen LogP contribution in [0, 0.1) is 17.7 Å². The highest BCUT2D eigenvalue weighted by Crippen LogP contribution is 2.15. The zero-order valence-corrected chi connectivity index (χ0v) is 11.8. The summed E-state index contributed by atoms with van der Waals surface area (Å²) in [4.78, 5) is 2.38. The lowest BCUT2D eigenvalue weighted by atomic mass is 10.1. The number of thioether (sulfide) groups is 1. The van der Waals surface area contributed by atoms with Gasteiger partial charge in [-0.05, 0) is 42.5 Å². The molecule has 0 saturated carbocycles. The zero-order valence-electron chi connectivity index (χ0n) is 11.0. The van der Waals surface area contributed by atoms with Crippen LogP contribution in [0.2, 0.25) is 0 Å². The number of benzene rings is 1. The quantitative estimate of drug-likeness (QED) is 0.840. The highest BCUT2D eigenvalue weighted by molar-refractivity contribution is 7.99. The Morgan fingerprint density at radius 2 is 2.16 bits per heavy atom. The molecule has 1 aliphatic rings. The van der Waals surface area contributed by atoms with Gasteiger partial charge < -0.3 is 5.73 Å². The third-order valence-electron chi connectivity index (χ3n) is 3.01. The molecule has 0 bridgehead atoms. The van der Waals surface area contributed by atoms with Crippen LogP contribution in [0.5, 0.6) is 0 Å². The van der Waals surface area contributed by atoms with Gasteiger partial charge in [0.1, 0.15) is 5.82 Å². The van der Waals surface area contributed by atoms with Gasteiger partial charge in [0.05, 0.1) is 6.54 Å². The summed E-state index contributed by atoms with van der Waals surface area (Å²) in [5.74, 6) is 7.84. The molecule has 1 saturated heterocycles. The Morgan fingerprint density at radius 1 is 1.26 bits per heavy atom. The lowest BCUT2D eigenvalue weighted by Crippen LogP contribution is -2.25. The van der Waals surface area contributed by atoms with Crippen molar-refractivity contribution < 1.29 is 4.39 Å². The lowest BCUT2D eigenvalue weighted by molar-refractivity contribution is 0.287. The van der Waals surface area contributed by atoms with Crippen LogP contribution in [-0.4, -0.2) is 36.0 Å². The minimum Gasteiger partial charge on any atom is -0.320 e. The normalized spacial score (nSPS) is 16.5. The van der Waals surface area contributed by atoms with E-state index in [4.69, 9.17) is 5.73 Å². The lowest BCUT2D eigenvalue weighted by Gasteiger charge is -2.19. The number of rotatable bonds is 2. The van der Waals surface area contributed by atoms with Gasteiger partial charge in [0.15, 0.2) is 0 Å². The molecule has 0 radical (unpaired) electrons. The third-order valence-corrected chi connectivity index (χ3v) is 4.06. The molecule has 1 aromatic rings. The molecule has 0 aliphatic carbocycles. The van der Waals surface area contributed by atoms with Crippen LogP contribution < -0.4 is 5.73 Å². The maximum absolute atomic E-state index is 13.6. The molecule has 1 aromatic carbocycles. The van der Waals surface area contributed by atoms with Crippen LogP contribution in [0.15, 0.2) is 18.2 Å². The van der Waals surface area contributed by atoms with Crippen LogP contribution in [0.3, 0.4) is 0 Å².